The number of benzene rings is 1. The molecule has 0 saturated carbocycles. The van der Waals surface area contributed by atoms with E-state index in [-0.39, 0.29) is 30.6 Å². The minimum Gasteiger partial charge on any atom is -0.384 e. The number of aromatic amines is 1. The van der Waals surface area contributed by atoms with Gasteiger partial charge in [-0.25, -0.2) is 9.97 Å². The maximum Gasteiger partial charge on any atom is 0.417 e. The van der Waals surface area contributed by atoms with E-state index in [0.29, 0.717) is 24.3 Å². The average Bonchev–Trinajstić information content (AvgIpc) is 3.55. The summed E-state index contributed by atoms with van der Waals surface area (Å²) in [4.78, 5) is 21.0. The van der Waals surface area contributed by atoms with Crippen LogP contribution < -0.4 is 16.4 Å². The van der Waals surface area contributed by atoms with E-state index >= 15 is 0 Å². The highest BCUT2D eigenvalue weighted by Gasteiger charge is 2.32. The minimum atomic E-state index is -4.62. The lowest BCUT2D eigenvalue weighted by Gasteiger charge is -2.16. The Labute approximate surface area is 209 Å². The summed E-state index contributed by atoms with van der Waals surface area (Å²) in [5, 5.41) is 13.1. The largest absolute Gasteiger partial charge is 0.417 e. The Bertz CT molecular complexity index is 1410. The van der Waals surface area contributed by atoms with Gasteiger partial charge in [0.2, 0.25) is 0 Å². The van der Waals surface area contributed by atoms with E-state index in [0.717, 1.165) is 41.0 Å². The van der Waals surface area contributed by atoms with Crippen LogP contribution in [-0.2, 0) is 17.5 Å². The van der Waals surface area contributed by atoms with Crippen LogP contribution in [0.3, 0.4) is 0 Å². The fraction of sp³-hybridized carbons (Fsp3) is 0.280. The van der Waals surface area contributed by atoms with Gasteiger partial charge in [-0.3, -0.25) is 9.89 Å². The zero-order valence-corrected chi connectivity index (χ0v) is 19.6. The molecule has 3 aromatic heterocycles. The highest BCUT2D eigenvalue weighted by atomic mass is 19.4. The predicted molar refractivity (Wildman–Crippen MR) is 132 cm³/mol. The molecule has 4 aromatic rings. The van der Waals surface area contributed by atoms with Crippen LogP contribution in [0.1, 0.15) is 34.3 Å². The van der Waals surface area contributed by atoms with Crippen molar-refractivity contribution < 1.29 is 22.7 Å². The summed E-state index contributed by atoms with van der Waals surface area (Å²) in [5.41, 5.74) is 7.85. The molecule has 0 radical (unpaired) electrons. The number of halogens is 3. The van der Waals surface area contributed by atoms with Crippen LogP contribution in [0.5, 0.6) is 0 Å². The normalized spacial score (nSPS) is 15.7. The Morgan fingerprint density at radius 3 is 2.68 bits per heavy atom. The van der Waals surface area contributed by atoms with Gasteiger partial charge in [0.25, 0.3) is 5.91 Å². The number of alkyl halides is 3. The van der Waals surface area contributed by atoms with Crippen molar-refractivity contribution in [2.45, 2.75) is 31.7 Å². The van der Waals surface area contributed by atoms with E-state index in [1.807, 2.05) is 30.3 Å². The average molecular weight is 512 g/mol. The van der Waals surface area contributed by atoms with Gasteiger partial charge in [0.15, 0.2) is 5.65 Å². The number of hydrogen-bond donors (Lipinski definition) is 4. The van der Waals surface area contributed by atoms with Crippen molar-refractivity contribution in [3.63, 3.8) is 0 Å². The van der Waals surface area contributed by atoms with E-state index < -0.39 is 17.6 Å². The predicted octanol–water partition coefficient (Wildman–Crippen LogP) is 4.14. The third kappa shape index (κ3) is 5.48. The van der Waals surface area contributed by atoms with Crippen LogP contribution in [0.2, 0.25) is 0 Å². The summed E-state index contributed by atoms with van der Waals surface area (Å²) in [6.07, 6.45) is -0.666. The molecule has 37 heavy (non-hydrogen) atoms. The van der Waals surface area contributed by atoms with Gasteiger partial charge >= 0.3 is 6.18 Å². The van der Waals surface area contributed by atoms with E-state index in [1.165, 1.54) is 0 Å². The number of carbonyl (C=O) groups is 1. The van der Waals surface area contributed by atoms with Gasteiger partial charge in [-0.15, -0.1) is 0 Å². The van der Waals surface area contributed by atoms with Crippen LogP contribution >= 0.6 is 0 Å². The number of carbonyl (C=O) groups excluding carboxylic acids is 1. The standard InChI is InChI=1S/C25H24F3N7O2/c26-25(27,28)17-9-20(24(36)33-13-18-2-1-7-37-18)22(32-12-17)30-10-14-3-5-15(6-4-14)16-8-19-21(29)34-35-23(19)31-11-16/h3-6,8-9,11-12,18H,1-2,7,10,13H2,(H,30,32)(H,33,36)(H3,29,31,34,35). The molecular weight excluding hydrogens is 487 g/mol. The summed E-state index contributed by atoms with van der Waals surface area (Å²) < 4.78 is 45.3. The molecule has 1 amide bonds. The molecule has 5 N–H and O–H groups in total. The van der Waals surface area contributed by atoms with Crippen molar-refractivity contribution in [1.29, 1.82) is 0 Å². The number of anilines is 2. The molecule has 1 saturated heterocycles. The third-order valence-corrected chi connectivity index (χ3v) is 6.16. The fourth-order valence-corrected chi connectivity index (χ4v) is 4.12. The summed E-state index contributed by atoms with van der Waals surface area (Å²) in [5.74, 6) is -0.148. The van der Waals surface area contributed by atoms with Crippen molar-refractivity contribution in [2.24, 2.45) is 0 Å². The second kappa shape index (κ2) is 10.1. The first kappa shape index (κ1) is 24.5. The molecule has 0 aliphatic carbocycles. The number of amides is 1. The quantitative estimate of drug-likeness (QED) is 0.293. The third-order valence-electron chi connectivity index (χ3n) is 6.16. The maximum absolute atomic E-state index is 13.3. The molecule has 12 heteroatoms. The van der Waals surface area contributed by atoms with Crippen molar-refractivity contribution in [2.75, 3.05) is 24.2 Å². The van der Waals surface area contributed by atoms with Crippen molar-refractivity contribution >= 4 is 28.6 Å². The Morgan fingerprint density at radius 1 is 1.14 bits per heavy atom. The van der Waals surface area contributed by atoms with Gasteiger partial charge in [0.05, 0.1) is 22.6 Å². The number of rotatable bonds is 7. The van der Waals surface area contributed by atoms with Gasteiger partial charge in [-0.2, -0.15) is 18.3 Å². The minimum absolute atomic E-state index is 0.0620. The van der Waals surface area contributed by atoms with Crippen molar-refractivity contribution in [1.82, 2.24) is 25.5 Å². The molecule has 1 aliphatic heterocycles. The lowest BCUT2D eigenvalue weighted by molar-refractivity contribution is -0.137. The molecule has 1 aliphatic rings. The highest BCUT2D eigenvalue weighted by Crippen LogP contribution is 2.31. The van der Waals surface area contributed by atoms with Gasteiger partial charge in [-0.1, -0.05) is 24.3 Å². The first-order chi connectivity index (χ1) is 17.8. The molecule has 1 aromatic carbocycles. The number of nitrogens with one attached hydrogen (secondary N) is 3. The van der Waals surface area contributed by atoms with Crippen LogP contribution in [0.4, 0.5) is 24.8 Å². The van der Waals surface area contributed by atoms with E-state index in [4.69, 9.17) is 10.5 Å². The summed E-state index contributed by atoms with van der Waals surface area (Å²) in [6, 6.07) is 10.2. The first-order valence-electron chi connectivity index (χ1n) is 11.7. The molecule has 0 spiro atoms. The molecule has 0 bridgehead atoms. The number of pyridine rings is 2. The first-order valence-corrected chi connectivity index (χ1v) is 11.7. The Morgan fingerprint density at radius 2 is 1.95 bits per heavy atom. The summed E-state index contributed by atoms with van der Waals surface area (Å²) >= 11 is 0. The molecule has 1 atom stereocenters. The summed E-state index contributed by atoms with van der Waals surface area (Å²) in [7, 11) is 0. The van der Waals surface area contributed by atoms with Gasteiger partial charge in [0.1, 0.15) is 11.6 Å². The SMILES string of the molecule is Nc1[nH]nc2ncc(-c3ccc(CNc4ncc(C(F)(F)F)cc4C(=O)NCC4CCCO4)cc3)cc12. The van der Waals surface area contributed by atoms with Crippen LogP contribution in [0, 0.1) is 0 Å². The Hall–Kier alpha value is -4.19. The molecule has 4 heterocycles. The topological polar surface area (TPSA) is 131 Å². The van der Waals surface area contributed by atoms with E-state index in [1.54, 1.807) is 6.20 Å². The van der Waals surface area contributed by atoms with Gasteiger partial charge in [-0.05, 0) is 36.1 Å². The lowest BCUT2D eigenvalue weighted by atomic mass is 10.0. The zero-order chi connectivity index (χ0) is 26.0. The lowest BCUT2D eigenvalue weighted by Crippen LogP contribution is -2.32. The van der Waals surface area contributed by atoms with Crippen molar-refractivity contribution in [3.8, 4) is 11.1 Å². The number of nitrogen functional groups attached to an aromatic ring is 1. The van der Waals surface area contributed by atoms with Gasteiger partial charge in [0, 0.05) is 37.7 Å². The number of hydrogen-bond acceptors (Lipinski definition) is 7. The highest BCUT2D eigenvalue weighted by molar-refractivity contribution is 5.99. The van der Waals surface area contributed by atoms with Gasteiger partial charge < -0.3 is 21.1 Å². The molecule has 9 nitrogen and oxygen atoms in total. The molecule has 192 valence electrons. The number of aromatic nitrogens is 4. The Kier molecular flexibility index (Phi) is 6.66. The molecule has 1 fully saturated rings. The number of H-pyrrole nitrogens is 1. The van der Waals surface area contributed by atoms with Crippen LogP contribution in [0.15, 0.2) is 48.8 Å². The summed E-state index contributed by atoms with van der Waals surface area (Å²) in [6.45, 7) is 1.08. The van der Waals surface area contributed by atoms with E-state index in [2.05, 4.69) is 30.8 Å². The molecule has 5 rings (SSSR count). The second-order valence-corrected chi connectivity index (χ2v) is 8.75. The smallest absolute Gasteiger partial charge is 0.384 e. The number of ether oxygens (including phenoxy) is 1. The van der Waals surface area contributed by atoms with E-state index in [9.17, 15) is 18.0 Å². The molecular formula is C25H24F3N7O2. The number of nitrogens with two attached hydrogens (primary N) is 1. The van der Waals surface area contributed by atoms with Crippen LogP contribution in [0.25, 0.3) is 22.2 Å². The zero-order valence-electron chi connectivity index (χ0n) is 19.6. The number of fused-ring (bicyclic) bond motifs is 1. The number of nitrogens with zero attached hydrogens (tertiary/aromatic N) is 3. The monoisotopic (exact) mass is 511 g/mol. The maximum atomic E-state index is 13.3. The second-order valence-electron chi connectivity index (χ2n) is 8.75. The molecule has 1 unspecified atom stereocenters. The fourth-order valence-electron chi connectivity index (χ4n) is 4.12. The van der Waals surface area contributed by atoms with Crippen LogP contribution in [-0.4, -0.2) is 45.3 Å². The Balaban J connectivity index is 1.31. The van der Waals surface area contributed by atoms with Crippen molar-refractivity contribution in [3.05, 3.63) is 65.5 Å².